The number of unbranched alkanes of at least 4 members (excludes halogenated alkanes) is 11. The van der Waals surface area contributed by atoms with Crippen LogP contribution in [0.15, 0.2) is 0 Å². The van der Waals surface area contributed by atoms with Crippen molar-refractivity contribution >= 4 is 5.97 Å². The summed E-state index contributed by atoms with van der Waals surface area (Å²) < 4.78 is 5.27. The summed E-state index contributed by atoms with van der Waals surface area (Å²) in [5, 5.41) is 6.36. The molecule has 0 aromatic rings. The maximum atomic E-state index is 11.6. The van der Waals surface area contributed by atoms with Gasteiger partial charge in [0.1, 0.15) is 0 Å². The predicted octanol–water partition coefficient (Wildman–Crippen LogP) is 4.82. The van der Waals surface area contributed by atoms with Gasteiger partial charge in [-0.05, 0) is 33.0 Å². The van der Waals surface area contributed by atoms with Crippen molar-refractivity contribution in [3.8, 4) is 0 Å². The van der Waals surface area contributed by atoms with Gasteiger partial charge in [0.05, 0.1) is 13.0 Å². The Hall–Kier alpha value is -0.610. The summed E-state index contributed by atoms with van der Waals surface area (Å²) in [4.78, 5) is 11.6. The zero-order valence-electron chi connectivity index (χ0n) is 17.0. The molecule has 4 heteroatoms. The van der Waals surface area contributed by atoms with E-state index in [0.29, 0.717) is 13.0 Å². The molecule has 0 rings (SSSR count). The second-order valence-corrected chi connectivity index (χ2v) is 7.07. The molecule has 4 nitrogen and oxygen atoms in total. The Labute approximate surface area is 156 Å². The largest absolute Gasteiger partial charge is 0.466 e. The van der Waals surface area contributed by atoms with Gasteiger partial charge in [0.25, 0.3) is 0 Å². The van der Waals surface area contributed by atoms with Crippen LogP contribution < -0.4 is 10.6 Å². The first kappa shape index (κ1) is 24.4. The van der Waals surface area contributed by atoms with Gasteiger partial charge in [-0.15, -0.1) is 0 Å². The van der Waals surface area contributed by atoms with E-state index in [1.54, 1.807) is 0 Å². The van der Waals surface area contributed by atoms with Gasteiger partial charge < -0.3 is 15.4 Å². The van der Waals surface area contributed by atoms with Crippen LogP contribution in [-0.2, 0) is 9.53 Å². The maximum Gasteiger partial charge on any atom is 0.307 e. The minimum Gasteiger partial charge on any atom is -0.466 e. The summed E-state index contributed by atoms with van der Waals surface area (Å²) in [5.41, 5.74) is 0. The fraction of sp³-hybridized carbons (Fsp3) is 0.952. The lowest BCUT2D eigenvalue weighted by atomic mass is 10.1. The molecule has 0 saturated heterocycles. The number of esters is 1. The highest BCUT2D eigenvalue weighted by atomic mass is 16.5. The third-order valence-corrected chi connectivity index (χ3v) is 4.55. The van der Waals surface area contributed by atoms with Crippen molar-refractivity contribution in [3.05, 3.63) is 0 Å². The number of rotatable bonds is 20. The van der Waals surface area contributed by atoms with E-state index in [9.17, 15) is 4.79 Å². The quantitative estimate of drug-likeness (QED) is 0.242. The average Bonchev–Trinajstić information content (AvgIpc) is 2.62. The van der Waals surface area contributed by atoms with E-state index in [-0.39, 0.29) is 5.97 Å². The van der Waals surface area contributed by atoms with Crippen molar-refractivity contribution in [3.63, 3.8) is 0 Å². The molecule has 0 aliphatic carbocycles. The Morgan fingerprint density at radius 1 is 0.720 bits per heavy atom. The van der Waals surface area contributed by atoms with E-state index >= 15 is 0 Å². The highest BCUT2D eigenvalue weighted by Crippen LogP contribution is 2.11. The number of carbonyl (C=O) groups is 1. The van der Waals surface area contributed by atoms with Crippen LogP contribution in [0, 0.1) is 0 Å². The lowest BCUT2D eigenvalue weighted by Gasteiger charge is -2.06. The lowest BCUT2D eigenvalue weighted by molar-refractivity contribution is -0.143. The molecule has 0 aliphatic heterocycles. The fourth-order valence-electron chi connectivity index (χ4n) is 2.91. The summed E-state index contributed by atoms with van der Waals surface area (Å²) in [7, 11) is 1.95. The Balaban J connectivity index is 3.11. The predicted molar refractivity (Wildman–Crippen MR) is 108 cm³/mol. The van der Waals surface area contributed by atoms with Crippen LogP contribution in [-0.4, -0.2) is 39.3 Å². The molecule has 0 spiro atoms. The van der Waals surface area contributed by atoms with Crippen LogP contribution in [0.25, 0.3) is 0 Å². The smallest absolute Gasteiger partial charge is 0.307 e. The molecule has 2 N–H and O–H groups in total. The zero-order valence-corrected chi connectivity index (χ0v) is 17.0. The maximum absolute atomic E-state index is 11.6. The Bertz CT molecular complexity index is 273. The van der Waals surface area contributed by atoms with Gasteiger partial charge in [-0.3, -0.25) is 4.79 Å². The topological polar surface area (TPSA) is 50.4 Å². The van der Waals surface area contributed by atoms with E-state index in [4.69, 9.17) is 4.74 Å². The van der Waals surface area contributed by atoms with Gasteiger partial charge in [-0.2, -0.15) is 0 Å². The fourth-order valence-corrected chi connectivity index (χ4v) is 2.91. The first-order valence-electron chi connectivity index (χ1n) is 10.8. The van der Waals surface area contributed by atoms with Gasteiger partial charge in [-0.1, -0.05) is 77.6 Å². The van der Waals surface area contributed by atoms with Gasteiger partial charge in [0.15, 0.2) is 0 Å². The van der Waals surface area contributed by atoms with E-state index in [1.165, 1.54) is 70.6 Å². The SMILES string of the molecule is CCCCCCCCCCCCCCOC(=O)CCNCCCNC. The second kappa shape index (κ2) is 21.4. The molecular formula is C21H44N2O2. The third kappa shape index (κ3) is 21.3. The minimum atomic E-state index is -0.0656. The van der Waals surface area contributed by atoms with Crippen LogP contribution in [0.1, 0.15) is 96.8 Å². The Kier molecular flexibility index (Phi) is 20.9. The molecule has 0 aliphatic rings. The molecular weight excluding hydrogens is 312 g/mol. The Morgan fingerprint density at radius 2 is 1.28 bits per heavy atom. The van der Waals surface area contributed by atoms with Gasteiger partial charge in [0, 0.05) is 6.54 Å². The first-order valence-corrected chi connectivity index (χ1v) is 10.8. The molecule has 0 amide bonds. The summed E-state index contributed by atoms with van der Waals surface area (Å²) in [5.74, 6) is -0.0656. The minimum absolute atomic E-state index is 0.0656. The molecule has 0 atom stereocenters. The molecule has 0 fully saturated rings. The summed E-state index contributed by atoms with van der Waals surface area (Å²) in [6, 6.07) is 0. The van der Waals surface area contributed by atoms with E-state index < -0.39 is 0 Å². The number of hydrogen-bond acceptors (Lipinski definition) is 4. The monoisotopic (exact) mass is 356 g/mol. The van der Waals surface area contributed by atoms with Crippen molar-refractivity contribution in [1.82, 2.24) is 10.6 Å². The number of ether oxygens (including phenoxy) is 1. The van der Waals surface area contributed by atoms with Crippen molar-refractivity contribution < 1.29 is 9.53 Å². The number of nitrogens with one attached hydrogen (secondary N) is 2. The zero-order chi connectivity index (χ0) is 18.4. The van der Waals surface area contributed by atoms with Gasteiger partial charge in [-0.25, -0.2) is 0 Å². The van der Waals surface area contributed by atoms with Crippen LogP contribution >= 0.6 is 0 Å². The molecule has 0 bridgehead atoms. The van der Waals surface area contributed by atoms with E-state index in [0.717, 1.165) is 32.5 Å². The molecule has 0 aromatic heterocycles. The molecule has 0 saturated carbocycles. The molecule has 25 heavy (non-hydrogen) atoms. The highest BCUT2D eigenvalue weighted by molar-refractivity contribution is 5.69. The summed E-state index contributed by atoms with van der Waals surface area (Å²) in [6.45, 7) is 5.55. The van der Waals surface area contributed by atoms with Gasteiger partial charge in [0.2, 0.25) is 0 Å². The second-order valence-electron chi connectivity index (χ2n) is 7.07. The summed E-state index contributed by atoms with van der Waals surface area (Å²) >= 11 is 0. The molecule has 0 radical (unpaired) electrons. The first-order chi connectivity index (χ1) is 12.3. The highest BCUT2D eigenvalue weighted by Gasteiger charge is 2.01. The molecule has 0 unspecified atom stereocenters. The number of carbonyl (C=O) groups excluding carboxylic acids is 1. The lowest BCUT2D eigenvalue weighted by Crippen LogP contribution is -2.23. The van der Waals surface area contributed by atoms with E-state index in [2.05, 4.69) is 17.6 Å². The normalized spacial score (nSPS) is 11.0. The molecule has 0 aromatic carbocycles. The van der Waals surface area contributed by atoms with Gasteiger partial charge >= 0.3 is 5.97 Å². The standard InChI is InChI=1S/C21H44N2O2/c1-3-4-5-6-7-8-9-10-11-12-13-14-20-25-21(24)16-19-23-18-15-17-22-2/h22-23H,3-20H2,1-2H3. The van der Waals surface area contributed by atoms with Crippen molar-refractivity contribution in [2.45, 2.75) is 96.8 Å². The van der Waals surface area contributed by atoms with Crippen molar-refractivity contribution in [2.24, 2.45) is 0 Å². The number of hydrogen-bond donors (Lipinski definition) is 2. The average molecular weight is 357 g/mol. The van der Waals surface area contributed by atoms with Crippen LogP contribution in [0.4, 0.5) is 0 Å². The van der Waals surface area contributed by atoms with Crippen molar-refractivity contribution in [1.29, 1.82) is 0 Å². The van der Waals surface area contributed by atoms with Crippen LogP contribution in [0.5, 0.6) is 0 Å². The van der Waals surface area contributed by atoms with Crippen molar-refractivity contribution in [2.75, 3.05) is 33.3 Å². The van der Waals surface area contributed by atoms with Crippen LogP contribution in [0.2, 0.25) is 0 Å². The van der Waals surface area contributed by atoms with Crippen LogP contribution in [0.3, 0.4) is 0 Å². The molecule has 0 heterocycles. The Morgan fingerprint density at radius 3 is 1.84 bits per heavy atom. The third-order valence-electron chi connectivity index (χ3n) is 4.55. The molecule has 150 valence electrons. The van der Waals surface area contributed by atoms with E-state index in [1.807, 2.05) is 7.05 Å². The summed E-state index contributed by atoms with van der Waals surface area (Å²) in [6.07, 6.45) is 17.5.